The molecule has 0 amide bonds. The first-order valence-corrected chi connectivity index (χ1v) is 5.40. The summed E-state index contributed by atoms with van der Waals surface area (Å²) in [5.74, 6) is -0.462. The number of rotatable bonds is 3. The standard InChI is InChI=1S/C13H16O2/c1-3-9-5-4-6-10(7-9)11-8-13(11,2)12(14)15/h4-7,11H,3,8H2,1-2H3,(H,14,15). The highest BCUT2D eigenvalue weighted by atomic mass is 16.4. The molecule has 1 aromatic carbocycles. The third kappa shape index (κ3) is 1.65. The van der Waals surface area contributed by atoms with E-state index in [-0.39, 0.29) is 5.92 Å². The fourth-order valence-corrected chi connectivity index (χ4v) is 2.12. The van der Waals surface area contributed by atoms with E-state index < -0.39 is 11.4 Å². The minimum Gasteiger partial charge on any atom is -0.481 e. The van der Waals surface area contributed by atoms with E-state index in [1.54, 1.807) is 0 Å². The Labute approximate surface area is 89.9 Å². The zero-order valence-corrected chi connectivity index (χ0v) is 9.16. The van der Waals surface area contributed by atoms with Gasteiger partial charge in [0.2, 0.25) is 0 Å². The molecule has 1 aliphatic carbocycles. The van der Waals surface area contributed by atoms with Crippen LogP contribution in [0.5, 0.6) is 0 Å². The van der Waals surface area contributed by atoms with Crippen LogP contribution >= 0.6 is 0 Å². The molecule has 1 aromatic rings. The van der Waals surface area contributed by atoms with E-state index in [9.17, 15) is 4.79 Å². The van der Waals surface area contributed by atoms with Gasteiger partial charge in [0.25, 0.3) is 0 Å². The van der Waals surface area contributed by atoms with Crippen LogP contribution in [0, 0.1) is 5.41 Å². The number of aryl methyl sites for hydroxylation is 1. The van der Waals surface area contributed by atoms with Crippen LogP contribution in [0.15, 0.2) is 24.3 Å². The van der Waals surface area contributed by atoms with Gasteiger partial charge in [-0.1, -0.05) is 31.2 Å². The predicted octanol–water partition coefficient (Wildman–Crippen LogP) is 2.83. The van der Waals surface area contributed by atoms with Crippen LogP contribution < -0.4 is 0 Å². The molecule has 1 aliphatic rings. The Morgan fingerprint density at radius 2 is 2.33 bits per heavy atom. The Kier molecular flexibility index (Phi) is 2.29. The maximum Gasteiger partial charge on any atom is 0.309 e. The van der Waals surface area contributed by atoms with E-state index in [0.29, 0.717) is 0 Å². The molecule has 2 unspecified atom stereocenters. The van der Waals surface area contributed by atoms with Gasteiger partial charge in [0.1, 0.15) is 0 Å². The molecular weight excluding hydrogens is 188 g/mol. The molecule has 2 heteroatoms. The van der Waals surface area contributed by atoms with Gasteiger partial charge >= 0.3 is 5.97 Å². The second-order valence-electron chi connectivity index (χ2n) is 4.58. The first kappa shape index (κ1) is 10.2. The first-order chi connectivity index (χ1) is 7.08. The van der Waals surface area contributed by atoms with Crippen LogP contribution in [0.3, 0.4) is 0 Å². The largest absolute Gasteiger partial charge is 0.481 e. The molecule has 2 atom stereocenters. The molecule has 80 valence electrons. The van der Waals surface area contributed by atoms with Gasteiger partial charge in [-0.15, -0.1) is 0 Å². The quantitative estimate of drug-likeness (QED) is 0.822. The number of hydrogen-bond donors (Lipinski definition) is 1. The summed E-state index contributed by atoms with van der Waals surface area (Å²) in [6, 6.07) is 8.29. The van der Waals surface area contributed by atoms with Gasteiger partial charge in [-0.25, -0.2) is 0 Å². The molecule has 1 N–H and O–H groups in total. The molecule has 2 rings (SSSR count). The monoisotopic (exact) mass is 204 g/mol. The average Bonchev–Trinajstić information content (AvgIpc) is 2.93. The molecule has 2 nitrogen and oxygen atoms in total. The van der Waals surface area contributed by atoms with E-state index in [1.807, 2.05) is 19.1 Å². The smallest absolute Gasteiger partial charge is 0.309 e. The fourth-order valence-electron chi connectivity index (χ4n) is 2.12. The lowest BCUT2D eigenvalue weighted by molar-refractivity contribution is -0.142. The van der Waals surface area contributed by atoms with Crippen molar-refractivity contribution in [2.45, 2.75) is 32.6 Å². The number of carboxylic acids is 1. The molecule has 1 saturated carbocycles. The number of benzene rings is 1. The van der Waals surface area contributed by atoms with Gasteiger partial charge in [0, 0.05) is 5.92 Å². The first-order valence-electron chi connectivity index (χ1n) is 5.40. The molecule has 1 fully saturated rings. The van der Waals surface area contributed by atoms with Crippen molar-refractivity contribution >= 4 is 5.97 Å². The SMILES string of the molecule is CCc1cccc(C2CC2(C)C(=O)O)c1. The van der Waals surface area contributed by atoms with Gasteiger partial charge in [0.05, 0.1) is 5.41 Å². The zero-order valence-electron chi connectivity index (χ0n) is 9.16. The van der Waals surface area contributed by atoms with Crippen molar-refractivity contribution in [2.24, 2.45) is 5.41 Å². The predicted molar refractivity (Wildman–Crippen MR) is 58.9 cm³/mol. The molecule has 0 bridgehead atoms. The lowest BCUT2D eigenvalue weighted by Crippen LogP contribution is -2.12. The normalized spacial score (nSPS) is 28.8. The van der Waals surface area contributed by atoms with Crippen LogP contribution in [0.4, 0.5) is 0 Å². The molecule has 15 heavy (non-hydrogen) atoms. The van der Waals surface area contributed by atoms with Gasteiger partial charge in [-0.3, -0.25) is 4.79 Å². The highest BCUT2D eigenvalue weighted by Crippen LogP contribution is 2.59. The highest BCUT2D eigenvalue weighted by molar-refractivity contribution is 5.80. The topological polar surface area (TPSA) is 37.3 Å². The molecule has 0 heterocycles. The van der Waals surface area contributed by atoms with Crippen molar-refractivity contribution < 1.29 is 9.90 Å². The summed E-state index contributed by atoms with van der Waals surface area (Å²) >= 11 is 0. The van der Waals surface area contributed by atoms with Crippen molar-refractivity contribution in [3.8, 4) is 0 Å². The Morgan fingerprint density at radius 3 is 2.87 bits per heavy atom. The fraction of sp³-hybridized carbons (Fsp3) is 0.462. The van der Waals surface area contributed by atoms with E-state index in [0.717, 1.165) is 12.8 Å². The molecule has 0 saturated heterocycles. The Hall–Kier alpha value is -1.31. The van der Waals surface area contributed by atoms with Crippen LogP contribution in [0.2, 0.25) is 0 Å². The van der Waals surface area contributed by atoms with Crippen LogP contribution in [0.1, 0.15) is 37.3 Å². The summed E-state index contributed by atoms with van der Waals surface area (Å²) in [5, 5.41) is 9.07. The maximum atomic E-state index is 11.0. The number of hydrogen-bond acceptors (Lipinski definition) is 1. The Balaban J connectivity index is 2.23. The molecule has 0 aliphatic heterocycles. The van der Waals surface area contributed by atoms with Crippen LogP contribution in [-0.4, -0.2) is 11.1 Å². The van der Waals surface area contributed by atoms with Crippen molar-refractivity contribution in [3.63, 3.8) is 0 Å². The Bertz CT molecular complexity index is 397. The van der Waals surface area contributed by atoms with E-state index in [4.69, 9.17) is 5.11 Å². The van der Waals surface area contributed by atoms with Gasteiger partial charge < -0.3 is 5.11 Å². The summed E-state index contributed by atoms with van der Waals surface area (Å²) in [7, 11) is 0. The average molecular weight is 204 g/mol. The van der Waals surface area contributed by atoms with Gasteiger partial charge in [-0.05, 0) is 30.9 Å². The molecular formula is C13H16O2. The minimum atomic E-state index is -0.672. The van der Waals surface area contributed by atoms with Crippen LogP contribution in [0.25, 0.3) is 0 Å². The number of carboxylic acid groups (broad SMARTS) is 1. The molecule has 0 aromatic heterocycles. The maximum absolute atomic E-state index is 11.0. The summed E-state index contributed by atoms with van der Waals surface area (Å²) in [4.78, 5) is 11.0. The van der Waals surface area contributed by atoms with Gasteiger partial charge in [0.15, 0.2) is 0 Å². The second-order valence-corrected chi connectivity index (χ2v) is 4.58. The third-order valence-electron chi connectivity index (χ3n) is 3.49. The lowest BCUT2D eigenvalue weighted by Gasteiger charge is -2.06. The Morgan fingerprint density at radius 1 is 1.60 bits per heavy atom. The van der Waals surface area contributed by atoms with Crippen molar-refractivity contribution in [3.05, 3.63) is 35.4 Å². The summed E-state index contributed by atoms with van der Waals surface area (Å²) < 4.78 is 0. The van der Waals surface area contributed by atoms with E-state index in [1.165, 1.54) is 11.1 Å². The highest BCUT2D eigenvalue weighted by Gasteiger charge is 2.56. The number of aliphatic carboxylic acids is 1. The lowest BCUT2D eigenvalue weighted by atomic mass is 9.99. The van der Waals surface area contributed by atoms with Gasteiger partial charge in [-0.2, -0.15) is 0 Å². The molecule has 0 radical (unpaired) electrons. The summed E-state index contributed by atoms with van der Waals surface area (Å²) in [5.41, 5.74) is 1.94. The minimum absolute atomic E-state index is 0.210. The second kappa shape index (κ2) is 3.37. The zero-order chi connectivity index (χ0) is 11.1. The third-order valence-corrected chi connectivity index (χ3v) is 3.49. The summed E-state index contributed by atoms with van der Waals surface area (Å²) in [6.07, 6.45) is 1.78. The number of carbonyl (C=O) groups is 1. The van der Waals surface area contributed by atoms with E-state index >= 15 is 0 Å². The summed E-state index contributed by atoms with van der Waals surface area (Å²) in [6.45, 7) is 3.95. The van der Waals surface area contributed by atoms with Crippen LogP contribution in [-0.2, 0) is 11.2 Å². The van der Waals surface area contributed by atoms with Crippen molar-refractivity contribution in [1.82, 2.24) is 0 Å². The molecule has 0 spiro atoms. The van der Waals surface area contributed by atoms with E-state index in [2.05, 4.69) is 19.1 Å². The van der Waals surface area contributed by atoms with Crippen molar-refractivity contribution in [2.75, 3.05) is 0 Å². The van der Waals surface area contributed by atoms with Crippen molar-refractivity contribution in [1.29, 1.82) is 0 Å².